The molecule has 1 rings (SSSR count). The van der Waals surface area contributed by atoms with Gasteiger partial charge in [-0.25, -0.2) is 4.39 Å². The van der Waals surface area contributed by atoms with Gasteiger partial charge in [0.25, 0.3) is 0 Å². The standard InChI is InChI=1S/C16H26FN3O/c1-12(2)19-16(3,15(18)21)10-5-11-20(4)14-8-6-13(17)7-9-14/h6-9,12,19H,5,10-11H2,1-4H3,(H2,18,21). The number of carbonyl (C=O) groups excluding carboxylic acids is 1. The molecule has 0 radical (unpaired) electrons. The van der Waals surface area contributed by atoms with Gasteiger partial charge in [0.2, 0.25) is 5.91 Å². The molecule has 0 bridgehead atoms. The van der Waals surface area contributed by atoms with Gasteiger partial charge >= 0.3 is 0 Å². The van der Waals surface area contributed by atoms with Gasteiger partial charge in [0.05, 0.1) is 5.54 Å². The second kappa shape index (κ2) is 7.41. The summed E-state index contributed by atoms with van der Waals surface area (Å²) in [5.41, 5.74) is 5.76. The highest BCUT2D eigenvalue weighted by atomic mass is 19.1. The largest absolute Gasteiger partial charge is 0.375 e. The van der Waals surface area contributed by atoms with E-state index in [1.807, 2.05) is 32.7 Å². The summed E-state index contributed by atoms with van der Waals surface area (Å²) < 4.78 is 12.9. The molecule has 4 nitrogen and oxygen atoms in total. The van der Waals surface area contributed by atoms with Gasteiger partial charge in [0.15, 0.2) is 0 Å². The van der Waals surface area contributed by atoms with Gasteiger partial charge in [-0.05, 0) is 57.9 Å². The van der Waals surface area contributed by atoms with Gasteiger partial charge in [0, 0.05) is 25.3 Å². The number of primary amides is 1. The normalized spacial score (nSPS) is 14.0. The van der Waals surface area contributed by atoms with Crippen LogP contribution in [0.25, 0.3) is 0 Å². The molecule has 1 atom stereocenters. The molecule has 0 aliphatic carbocycles. The predicted octanol–water partition coefficient (Wildman–Crippen LogP) is 2.28. The molecule has 1 aromatic carbocycles. The molecule has 0 spiro atoms. The summed E-state index contributed by atoms with van der Waals surface area (Å²) in [6.07, 6.45) is 1.47. The monoisotopic (exact) mass is 295 g/mol. The minimum absolute atomic E-state index is 0.192. The lowest BCUT2D eigenvalue weighted by Gasteiger charge is -2.30. The van der Waals surface area contributed by atoms with Crippen LogP contribution in [0.4, 0.5) is 10.1 Å². The Bertz CT molecular complexity index is 461. The summed E-state index contributed by atoms with van der Waals surface area (Å²) in [7, 11) is 1.95. The SMILES string of the molecule is CC(C)NC(C)(CCCN(C)c1ccc(F)cc1)C(N)=O. The van der Waals surface area contributed by atoms with Crippen LogP contribution < -0.4 is 16.0 Å². The molecule has 0 saturated heterocycles. The maximum absolute atomic E-state index is 12.9. The van der Waals surface area contributed by atoms with Gasteiger partial charge in [0.1, 0.15) is 5.82 Å². The molecule has 0 fully saturated rings. The lowest BCUT2D eigenvalue weighted by atomic mass is 9.93. The van der Waals surface area contributed by atoms with Gasteiger partial charge in [-0.3, -0.25) is 4.79 Å². The second-order valence-electron chi connectivity index (χ2n) is 6.00. The number of anilines is 1. The van der Waals surface area contributed by atoms with Gasteiger partial charge in [-0.15, -0.1) is 0 Å². The molecule has 0 aliphatic rings. The molecule has 21 heavy (non-hydrogen) atoms. The minimum atomic E-state index is -0.697. The van der Waals surface area contributed by atoms with Crippen LogP contribution in [0, 0.1) is 5.82 Å². The Morgan fingerprint density at radius 2 is 1.95 bits per heavy atom. The summed E-state index contributed by atoms with van der Waals surface area (Å²) in [6, 6.07) is 6.57. The highest BCUT2D eigenvalue weighted by molar-refractivity contribution is 5.84. The van der Waals surface area contributed by atoms with Crippen molar-refractivity contribution in [2.45, 2.75) is 45.2 Å². The average molecular weight is 295 g/mol. The van der Waals surface area contributed by atoms with Crippen LogP contribution in [0.2, 0.25) is 0 Å². The number of nitrogens with zero attached hydrogens (tertiary/aromatic N) is 1. The Morgan fingerprint density at radius 1 is 1.38 bits per heavy atom. The van der Waals surface area contributed by atoms with Crippen molar-refractivity contribution in [3.63, 3.8) is 0 Å². The zero-order valence-corrected chi connectivity index (χ0v) is 13.3. The smallest absolute Gasteiger partial charge is 0.237 e. The molecular weight excluding hydrogens is 269 g/mol. The number of nitrogens with one attached hydrogen (secondary N) is 1. The van der Waals surface area contributed by atoms with Crippen LogP contribution in [-0.4, -0.2) is 31.1 Å². The lowest BCUT2D eigenvalue weighted by Crippen LogP contribution is -2.55. The van der Waals surface area contributed by atoms with E-state index in [1.165, 1.54) is 12.1 Å². The number of carbonyl (C=O) groups is 1. The van der Waals surface area contributed by atoms with E-state index < -0.39 is 5.54 Å². The van der Waals surface area contributed by atoms with Gasteiger partial charge < -0.3 is 16.0 Å². The summed E-state index contributed by atoms with van der Waals surface area (Å²) in [6.45, 7) is 6.60. The predicted molar refractivity (Wildman–Crippen MR) is 84.8 cm³/mol. The molecule has 1 aromatic rings. The van der Waals surface area contributed by atoms with E-state index in [-0.39, 0.29) is 17.8 Å². The number of rotatable bonds is 8. The van der Waals surface area contributed by atoms with Crippen LogP contribution >= 0.6 is 0 Å². The fraction of sp³-hybridized carbons (Fsp3) is 0.562. The summed E-state index contributed by atoms with van der Waals surface area (Å²) in [5.74, 6) is -0.574. The maximum Gasteiger partial charge on any atom is 0.237 e. The first kappa shape index (κ1) is 17.4. The van der Waals surface area contributed by atoms with E-state index in [9.17, 15) is 9.18 Å². The molecule has 0 heterocycles. The zero-order chi connectivity index (χ0) is 16.0. The van der Waals surface area contributed by atoms with Crippen molar-refractivity contribution in [3.8, 4) is 0 Å². The van der Waals surface area contributed by atoms with E-state index in [2.05, 4.69) is 5.32 Å². The third-order valence-corrected chi connectivity index (χ3v) is 3.59. The lowest BCUT2D eigenvalue weighted by molar-refractivity contribution is -0.124. The number of nitrogens with two attached hydrogens (primary N) is 1. The molecule has 0 saturated carbocycles. The topological polar surface area (TPSA) is 58.4 Å². The zero-order valence-electron chi connectivity index (χ0n) is 13.3. The van der Waals surface area contributed by atoms with Crippen LogP contribution in [0.1, 0.15) is 33.6 Å². The quantitative estimate of drug-likeness (QED) is 0.773. The van der Waals surface area contributed by atoms with Crippen molar-refractivity contribution in [3.05, 3.63) is 30.1 Å². The molecular formula is C16H26FN3O. The molecule has 3 N–H and O–H groups in total. The Morgan fingerprint density at radius 3 is 2.43 bits per heavy atom. The van der Waals surface area contributed by atoms with Crippen molar-refractivity contribution in [1.82, 2.24) is 5.32 Å². The Labute approximate surface area is 126 Å². The van der Waals surface area contributed by atoms with Crippen molar-refractivity contribution < 1.29 is 9.18 Å². The van der Waals surface area contributed by atoms with Crippen molar-refractivity contribution in [2.24, 2.45) is 5.73 Å². The molecule has 1 amide bonds. The Kier molecular flexibility index (Phi) is 6.15. The fourth-order valence-corrected chi connectivity index (χ4v) is 2.40. The molecule has 0 aliphatic heterocycles. The second-order valence-corrected chi connectivity index (χ2v) is 6.00. The van der Waals surface area contributed by atoms with E-state index in [1.54, 1.807) is 12.1 Å². The first-order valence-electron chi connectivity index (χ1n) is 7.29. The molecule has 5 heteroatoms. The van der Waals surface area contributed by atoms with Gasteiger partial charge in [-0.2, -0.15) is 0 Å². The minimum Gasteiger partial charge on any atom is -0.375 e. The van der Waals surface area contributed by atoms with Crippen LogP contribution in [0.3, 0.4) is 0 Å². The Hall–Kier alpha value is -1.62. The van der Waals surface area contributed by atoms with Crippen LogP contribution in [0.5, 0.6) is 0 Å². The third kappa shape index (κ3) is 5.34. The van der Waals surface area contributed by atoms with Crippen molar-refractivity contribution in [1.29, 1.82) is 0 Å². The van der Waals surface area contributed by atoms with Crippen molar-refractivity contribution >= 4 is 11.6 Å². The highest BCUT2D eigenvalue weighted by Gasteiger charge is 2.30. The third-order valence-electron chi connectivity index (χ3n) is 3.59. The maximum atomic E-state index is 12.9. The number of hydrogen-bond acceptors (Lipinski definition) is 3. The molecule has 118 valence electrons. The van der Waals surface area contributed by atoms with Crippen LogP contribution in [-0.2, 0) is 4.79 Å². The fourth-order valence-electron chi connectivity index (χ4n) is 2.40. The van der Waals surface area contributed by atoms with E-state index in [0.29, 0.717) is 6.42 Å². The first-order chi connectivity index (χ1) is 9.74. The molecule has 0 aromatic heterocycles. The van der Waals surface area contributed by atoms with Gasteiger partial charge in [-0.1, -0.05) is 0 Å². The average Bonchev–Trinajstić information content (AvgIpc) is 2.38. The highest BCUT2D eigenvalue weighted by Crippen LogP contribution is 2.17. The van der Waals surface area contributed by atoms with E-state index >= 15 is 0 Å². The first-order valence-corrected chi connectivity index (χ1v) is 7.29. The number of amides is 1. The van der Waals surface area contributed by atoms with E-state index in [4.69, 9.17) is 5.73 Å². The number of hydrogen-bond donors (Lipinski definition) is 2. The number of halogens is 1. The van der Waals surface area contributed by atoms with E-state index in [0.717, 1.165) is 18.7 Å². The Balaban J connectivity index is 2.54. The van der Waals surface area contributed by atoms with Crippen LogP contribution in [0.15, 0.2) is 24.3 Å². The molecule has 1 unspecified atom stereocenters. The number of benzene rings is 1. The van der Waals surface area contributed by atoms with Crippen molar-refractivity contribution in [2.75, 3.05) is 18.5 Å². The summed E-state index contributed by atoms with van der Waals surface area (Å²) in [4.78, 5) is 13.7. The summed E-state index contributed by atoms with van der Waals surface area (Å²) in [5, 5.41) is 3.23. The summed E-state index contributed by atoms with van der Waals surface area (Å²) >= 11 is 0.